The molecule has 0 saturated carbocycles. The normalized spacial score (nSPS) is 21.3. The lowest BCUT2D eigenvalue weighted by Crippen LogP contribution is -2.41. The Morgan fingerprint density at radius 3 is 3.11 bits per heavy atom. The topological polar surface area (TPSA) is 34.0 Å². The van der Waals surface area contributed by atoms with Crippen molar-refractivity contribution in [2.24, 2.45) is 5.92 Å². The van der Waals surface area contributed by atoms with Crippen LogP contribution < -0.4 is 0 Å². The van der Waals surface area contributed by atoms with Crippen molar-refractivity contribution in [1.82, 2.24) is 19.4 Å². The van der Waals surface area contributed by atoms with Crippen molar-refractivity contribution in [2.45, 2.75) is 39.3 Å². The lowest BCUT2D eigenvalue weighted by atomic mass is 9.97. The fraction of sp³-hybridized carbons (Fsp3) is 0.600. The summed E-state index contributed by atoms with van der Waals surface area (Å²) in [7, 11) is 0. The molecule has 3 heterocycles. The summed E-state index contributed by atoms with van der Waals surface area (Å²) in [5.41, 5.74) is 2.02. The van der Waals surface area contributed by atoms with Crippen LogP contribution in [-0.2, 0) is 6.54 Å². The third kappa shape index (κ3) is 2.63. The summed E-state index contributed by atoms with van der Waals surface area (Å²) in [5, 5.41) is 0. The number of likely N-dealkylation sites (tertiary alicyclic amines) is 1. The van der Waals surface area contributed by atoms with E-state index in [-0.39, 0.29) is 0 Å². The lowest BCUT2D eigenvalue weighted by Gasteiger charge is -2.35. The largest absolute Gasteiger partial charge is 0.315 e. The summed E-state index contributed by atoms with van der Waals surface area (Å²) < 4.78 is 2.21. The summed E-state index contributed by atoms with van der Waals surface area (Å²) in [5.74, 6) is 0.718. The number of rotatable bonds is 3. The van der Waals surface area contributed by atoms with Gasteiger partial charge < -0.3 is 9.47 Å². The molecule has 0 radical (unpaired) electrons. The average Bonchev–Trinajstić information content (AvgIpc) is 2.83. The minimum atomic E-state index is 0.653. The highest BCUT2D eigenvalue weighted by molar-refractivity contribution is 5.69. The van der Waals surface area contributed by atoms with Gasteiger partial charge in [-0.05, 0) is 51.3 Å². The second kappa shape index (κ2) is 5.29. The number of imidazole rings is 1. The molecule has 1 fully saturated rings. The van der Waals surface area contributed by atoms with Gasteiger partial charge in [-0.3, -0.25) is 0 Å². The van der Waals surface area contributed by atoms with Crippen LogP contribution in [0, 0.1) is 5.92 Å². The van der Waals surface area contributed by atoms with Gasteiger partial charge in [0.25, 0.3) is 0 Å². The first kappa shape index (κ1) is 12.6. The number of hydrogen-bond donors (Lipinski definition) is 0. The average molecular weight is 258 g/mol. The van der Waals surface area contributed by atoms with E-state index in [0.717, 1.165) is 23.6 Å². The minimum absolute atomic E-state index is 0.653. The number of fused-ring (bicyclic) bond motifs is 1. The minimum Gasteiger partial charge on any atom is -0.315 e. The van der Waals surface area contributed by atoms with Gasteiger partial charge in [0.1, 0.15) is 5.52 Å². The van der Waals surface area contributed by atoms with Crippen molar-refractivity contribution in [1.29, 1.82) is 0 Å². The van der Waals surface area contributed by atoms with E-state index in [1.165, 1.54) is 25.9 Å². The Balaban J connectivity index is 1.74. The Morgan fingerprint density at radius 2 is 2.26 bits per heavy atom. The van der Waals surface area contributed by atoms with E-state index >= 15 is 0 Å². The first-order valence-electron chi connectivity index (χ1n) is 7.24. The molecular formula is C15H22N4. The maximum Gasteiger partial charge on any atom is 0.159 e. The van der Waals surface area contributed by atoms with Gasteiger partial charge in [-0.15, -0.1) is 0 Å². The standard InChI is InChI=1S/C15H22N4/c1-12(2)18-8-4-5-13(9-18)10-19-11-17-14-6-3-7-16-15(14)19/h3,6-7,11-13H,4-5,8-10H2,1-2H3. The number of piperidine rings is 1. The molecule has 0 bridgehead atoms. The van der Waals surface area contributed by atoms with Crippen LogP contribution in [0.3, 0.4) is 0 Å². The zero-order valence-electron chi connectivity index (χ0n) is 11.8. The molecule has 1 unspecified atom stereocenters. The molecule has 2 aromatic heterocycles. The molecule has 0 amide bonds. The number of hydrogen-bond acceptors (Lipinski definition) is 3. The monoisotopic (exact) mass is 258 g/mol. The van der Waals surface area contributed by atoms with Gasteiger partial charge in [-0.2, -0.15) is 0 Å². The Morgan fingerprint density at radius 1 is 1.37 bits per heavy atom. The van der Waals surface area contributed by atoms with E-state index in [0.29, 0.717) is 6.04 Å². The third-order valence-corrected chi connectivity index (χ3v) is 4.11. The van der Waals surface area contributed by atoms with Crippen LogP contribution in [0.5, 0.6) is 0 Å². The molecule has 1 saturated heterocycles. The van der Waals surface area contributed by atoms with E-state index in [4.69, 9.17) is 0 Å². The van der Waals surface area contributed by atoms with Crippen LogP contribution in [0.2, 0.25) is 0 Å². The van der Waals surface area contributed by atoms with Crippen LogP contribution in [0.15, 0.2) is 24.7 Å². The molecule has 3 rings (SSSR count). The van der Waals surface area contributed by atoms with Gasteiger partial charge >= 0.3 is 0 Å². The van der Waals surface area contributed by atoms with E-state index in [1.54, 1.807) is 0 Å². The second-order valence-corrected chi connectivity index (χ2v) is 5.84. The Labute approximate surface area is 114 Å². The van der Waals surface area contributed by atoms with Crippen molar-refractivity contribution in [3.05, 3.63) is 24.7 Å². The molecule has 1 atom stereocenters. The van der Waals surface area contributed by atoms with E-state index in [1.807, 2.05) is 24.7 Å². The zero-order valence-corrected chi connectivity index (χ0v) is 11.8. The quantitative estimate of drug-likeness (QED) is 0.848. The summed E-state index contributed by atoms with van der Waals surface area (Å²) >= 11 is 0. The van der Waals surface area contributed by atoms with Crippen LogP contribution in [-0.4, -0.2) is 38.6 Å². The van der Waals surface area contributed by atoms with E-state index in [2.05, 4.69) is 33.3 Å². The summed E-state index contributed by atoms with van der Waals surface area (Å²) in [6, 6.07) is 4.63. The summed E-state index contributed by atoms with van der Waals surface area (Å²) in [4.78, 5) is 11.5. The molecule has 0 spiro atoms. The Hall–Kier alpha value is -1.42. The van der Waals surface area contributed by atoms with Crippen molar-refractivity contribution in [3.63, 3.8) is 0 Å². The molecular weight excluding hydrogens is 236 g/mol. The molecule has 4 nitrogen and oxygen atoms in total. The highest BCUT2D eigenvalue weighted by atomic mass is 15.2. The maximum atomic E-state index is 4.45. The van der Waals surface area contributed by atoms with E-state index in [9.17, 15) is 0 Å². The number of aromatic nitrogens is 3. The second-order valence-electron chi connectivity index (χ2n) is 5.84. The van der Waals surface area contributed by atoms with Gasteiger partial charge in [0.2, 0.25) is 0 Å². The highest BCUT2D eigenvalue weighted by Crippen LogP contribution is 2.21. The molecule has 0 aliphatic carbocycles. The summed E-state index contributed by atoms with van der Waals surface area (Å²) in [6.45, 7) is 8.06. The summed E-state index contributed by atoms with van der Waals surface area (Å²) in [6.07, 6.45) is 6.41. The van der Waals surface area contributed by atoms with Crippen LogP contribution >= 0.6 is 0 Å². The smallest absolute Gasteiger partial charge is 0.159 e. The number of nitrogens with zero attached hydrogens (tertiary/aromatic N) is 4. The first-order valence-corrected chi connectivity index (χ1v) is 7.24. The SMILES string of the molecule is CC(C)N1CCCC(Cn2cnc3cccnc32)C1. The van der Waals surface area contributed by atoms with Gasteiger partial charge in [-0.25, -0.2) is 9.97 Å². The molecule has 1 aliphatic rings. The molecule has 2 aromatic rings. The third-order valence-electron chi connectivity index (χ3n) is 4.11. The van der Waals surface area contributed by atoms with Crippen LogP contribution in [0.25, 0.3) is 11.2 Å². The fourth-order valence-electron chi connectivity index (χ4n) is 3.02. The van der Waals surface area contributed by atoms with Crippen LogP contribution in [0.1, 0.15) is 26.7 Å². The van der Waals surface area contributed by atoms with Crippen LogP contribution in [0.4, 0.5) is 0 Å². The Bertz CT molecular complexity index is 546. The van der Waals surface area contributed by atoms with Gasteiger partial charge in [0, 0.05) is 25.3 Å². The molecule has 19 heavy (non-hydrogen) atoms. The van der Waals surface area contributed by atoms with Crippen molar-refractivity contribution >= 4 is 11.2 Å². The molecule has 102 valence electrons. The molecule has 0 N–H and O–H groups in total. The first-order chi connectivity index (χ1) is 9.24. The van der Waals surface area contributed by atoms with Gasteiger partial charge in [-0.1, -0.05) is 0 Å². The lowest BCUT2D eigenvalue weighted by molar-refractivity contribution is 0.131. The zero-order chi connectivity index (χ0) is 13.2. The molecule has 0 aromatic carbocycles. The van der Waals surface area contributed by atoms with Crippen molar-refractivity contribution < 1.29 is 0 Å². The van der Waals surface area contributed by atoms with Gasteiger partial charge in [0.15, 0.2) is 5.65 Å². The highest BCUT2D eigenvalue weighted by Gasteiger charge is 2.22. The predicted octanol–water partition coefficient (Wildman–Crippen LogP) is 2.55. The van der Waals surface area contributed by atoms with E-state index < -0.39 is 0 Å². The Kier molecular flexibility index (Phi) is 3.51. The predicted molar refractivity (Wildman–Crippen MR) is 77.0 cm³/mol. The van der Waals surface area contributed by atoms with Gasteiger partial charge in [0.05, 0.1) is 6.33 Å². The molecule has 4 heteroatoms. The maximum absolute atomic E-state index is 4.45. The van der Waals surface area contributed by atoms with Crippen molar-refractivity contribution in [2.75, 3.05) is 13.1 Å². The van der Waals surface area contributed by atoms with Crippen molar-refractivity contribution in [3.8, 4) is 0 Å². The fourth-order valence-corrected chi connectivity index (χ4v) is 3.02. The number of pyridine rings is 1. The molecule has 1 aliphatic heterocycles.